The van der Waals surface area contributed by atoms with Gasteiger partial charge in [-0.3, -0.25) is 4.79 Å². The summed E-state index contributed by atoms with van der Waals surface area (Å²) in [6.45, 7) is 2.26. The van der Waals surface area contributed by atoms with E-state index in [4.69, 9.17) is 0 Å². The molecule has 6 nitrogen and oxygen atoms in total. The van der Waals surface area contributed by atoms with Crippen LogP contribution in [-0.4, -0.2) is 25.7 Å². The molecule has 0 aliphatic heterocycles. The lowest BCUT2D eigenvalue weighted by molar-refractivity contribution is -0.117. The molecule has 38 heavy (non-hydrogen) atoms. The van der Waals surface area contributed by atoms with Gasteiger partial charge < -0.3 is 0 Å². The summed E-state index contributed by atoms with van der Waals surface area (Å²) in [5.74, 6) is -0.231. The molecule has 1 aliphatic rings. The predicted octanol–water partition coefficient (Wildman–Crippen LogP) is 8.07. The average Bonchev–Trinajstić information content (AvgIpc) is 2.92. The third-order valence-corrected chi connectivity index (χ3v) is 7.91. The van der Waals surface area contributed by atoms with Crippen molar-refractivity contribution in [2.24, 2.45) is 9.39 Å². The minimum Gasteiger partial charge on any atom is -0.273 e. The fourth-order valence-electron chi connectivity index (χ4n) is 4.38. The molecule has 0 bridgehead atoms. The summed E-state index contributed by atoms with van der Waals surface area (Å²) < 4.78 is 28.8. The molecule has 7 heteroatoms. The number of amides is 1. The number of carbonyl (C=O) groups excluding carboxylic acids is 1. The van der Waals surface area contributed by atoms with Gasteiger partial charge in [-0.2, -0.15) is 18.1 Å². The number of allylic oxidation sites excluding steroid dienone is 4. The molecule has 0 saturated heterocycles. The Hall–Kier alpha value is -2.85. The Balaban J connectivity index is 1.63. The average molecular weight is 538 g/mol. The molecule has 0 N–H and O–H groups in total. The fraction of sp³-hybridized carbons (Fsp3) is 0.548. The molecule has 1 aromatic carbocycles. The number of unbranched alkanes of at least 4 members (excludes halogenated alkanes) is 14. The van der Waals surface area contributed by atoms with Gasteiger partial charge in [-0.1, -0.05) is 115 Å². The number of nitrogens with zero attached hydrogens (tertiary/aromatic N) is 3. The monoisotopic (exact) mass is 537 g/mol. The first kappa shape index (κ1) is 31.4. The lowest BCUT2D eigenvalue weighted by atomic mass is 10.0. The molecule has 206 valence electrons. The molecular formula is C31H43N3O3S. The minimum absolute atomic E-state index is 0.0326. The van der Waals surface area contributed by atoms with Gasteiger partial charge in [0.05, 0.1) is 21.9 Å². The maximum atomic E-state index is 12.5. The highest BCUT2D eigenvalue weighted by atomic mass is 32.2. The summed E-state index contributed by atoms with van der Waals surface area (Å²) in [6.07, 6.45) is 23.8. The van der Waals surface area contributed by atoms with Crippen molar-refractivity contribution in [1.29, 1.82) is 5.26 Å². The maximum Gasteiger partial charge on any atom is 0.282 e. The number of rotatable bonds is 18. The Bertz CT molecular complexity index is 1130. The van der Waals surface area contributed by atoms with Gasteiger partial charge in [0.2, 0.25) is 5.91 Å². The number of hydrogen-bond donors (Lipinski definition) is 0. The van der Waals surface area contributed by atoms with E-state index in [2.05, 4.69) is 16.3 Å². The van der Waals surface area contributed by atoms with E-state index in [1.807, 2.05) is 6.07 Å². The summed E-state index contributed by atoms with van der Waals surface area (Å²) in [5.41, 5.74) is 0.430. The third-order valence-electron chi connectivity index (χ3n) is 6.61. The Morgan fingerprint density at radius 3 is 1.84 bits per heavy atom. The van der Waals surface area contributed by atoms with Crippen molar-refractivity contribution in [2.75, 3.05) is 0 Å². The van der Waals surface area contributed by atoms with Crippen LogP contribution in [0.5, 0.6) is 0 Å². The molecule has 0 radical (unpaired) electrons. The Morgan fingerprint density at radius 2 is 1.32 bits per heavy atom. The van der Waals surface area contributed by atoms with Gasteiger partial charge in [0, 0.05) is 6.42 Å². The van der Waals surface area contributed by atoms with Crippen molar-refractivity contribution < 1.29 is 13.2 Å². The van der Waals surface area contributed by atoms with E-state index in [1.165, 1.54) is 107 Å². The van der Waals surface area contributed by atoms with Crippen LogP contribution in [0.3, 0.4) is 0 Å². The molecule has 0 atom stereocenters. The Morgan fingerprint density at radius 1 is 0.789 bits per heavy atom. The van der Waals surface area contributed by atoms with Crippen LogP contribution < -0.4 is 0 Å². The van der Waals surface area contributed by atoms with E-state index < -0.39 is 10.0 Å². The van der Waals surface area contributed by atoms with Crippen LogP contribution in [0.25, 0.3) is 0 Å². The van der Waals surface area contributed by atoms with Gasteiger partial charge in [0.25, 0.3) is 10.0 Å². The van der Waals surface area contributed by atoms with Crippen molar-refractivity contribution in [3.05, 3.63) is 54.1 Å². The summed E-state index contributed by atoms with van der Waals surface area (Å²) in [7, 11) is -3.94. The van der Waals surface area contributed by atoms with Crippen LogP contribution in [0.2, 0.25) is 0 Å². The van der Waals surface area contributed by atoms with E-state index in [0.29, 0.717) is 12.1 Å². The van der Waals surface area contributed by atoms with Crippen LogP contribution in [0.4, 0.5) is 0 Å². The van der Waals surface area contributed by atoms with E-state index in [-0.39, 0.29) is 22.1 Å². The van der Waals surface area contributed by atoms with Crippen molar-refractivity contribution in [2.45, 2.75) is 115 Å². The van der Waals surface area contributed by atoms with Gasteiger partial charge in [-0.05, 0) is 36.8 Å². The minimum atomic E-state index is -3.94. The van der Waals surface area contributed by atoms with Gasteiger partial charge in [-0.15, -0.1) is 0 Å². The fourth-order valence-corrected chi connectivity index (χ4v) is 5.41. The van der Waals surface area contributed by atoms with Crippen LogP contribution in [0.1, 0.15) is 110 Å². The lowest BCUT2D eigenvalue weighted by Gasteiger charge is -2.07. The van der Waals surface area contributed by atoms with Crippen molar-refractivity contribution in [3.63, 3.8) is 0 Å². The number of aliphatic imine (C=N–C) groups is 1. The highest BCUT2D eigenvalue weighted by Gasteiger charge is 2.17. The standard InChI is InChI=1S/C31H43N3O3S/c1-2-3-4-5-6-7-8-9-10-11-12-13-14-15-19-22-31(35)33-28-23-24-30(27(25-28)26-32)34-38(36,37)29-20-17-16-18-21-29/h16-18,20-21,23-25H,2-15,19,22H2,1H3/b33-28?,34-30-. The van der Waals surface area contributed by atoms with Crippen molar-refractivity contribution in [3.8, 4) is 6.07 Å². The summed E-state index contributed by atoms with van der Waals surface area (Å²) in [6, 6.07) is 9.79. The first-order chi connectivity index (χ1) is 18.5. The van der Waals surface area contributed by atoms with Crippen LogP contribution in [-0.2, 0) is 14.8 Å². The zero-order chi connectivity index (χ0) is 27.5. The van der Waals surface area contributed by atoms with Gasteiger partial charge in [0.15, 0.2) is 0 Å². The summed E-state index contributed by atoms with van der Waals surface area (Å²) in [4.78, 5) is 16.4. The van der Waals surface area contributed by atoms with Gasteiger partial charge in [0.1, 0.15) is 6.07 Å². The molecule has 1 amide bonds. The van der Waals surface area contributed by atoms with E-state index in [9.17, 15) is 18.5 Å². The lowest BCUT2D eigenvalue weighted by Crippen LogP contribution is -2.11. The number of nitriles is 1. The van der Waals surface area contributed by atoms with Crippen molar-refractivity contribution >= 4 is 27.4 Å². The molecular weight excluding hydrogens is 494 g/mol. The molecule has 0 spiro atoms. The third kappa shape index (κ3) is 12.6. The number of benzene rings is 1. The quantitative estimate of drug-likeness (QED) is 0.140. The number of carbonyl (C=O) groups is 1. The van der Waals surface area contributed by atoms with Crippen LogP contribution in [0.15, 0.2) is 68.4 Å². The molecule has 0 heterocycles. The van der Waals surface area contributed by atoms with E-state index in [0.717, 1.165) is 19.3 Å². The summed E-state index contributed by atoms with van der Waals surface area (Å²) >= 11 is 0. The second-order valence-electron chi connectivity index (χ2n) is 9.90. The normalized spacial score (nSPS) is 15.5. The molecule has 1 aromatic rings. The van der Waals surface area contributed by atoms with E-state index in [1.54, 1.807) is 18.2 Å². The zero-order valence-corrected chi connectivity index (χ0v) is 23.7. The first-order valence-corrected chi connectivity index (χ1v) is 15.7. The van der Waals surface area contributed by atoms with Gasteiger partial charge in [-0.25, -0.2) is 4.99 Å². The number of sulfonamides is 1. The molecule has 0 fully saturated rings. The molecule has 1 aliphatic carbocycles. The molecule has 0 aromatic heterocycles. The molecule has 0 unspecified atom stereocenters. The Labute approximate surface area is 229 Å². The highest BCUT2D eigenvalue weighted by molar-refractivity contribution is 7.90. The second-order valence-corrected chi connectivity index (χ2v) is 11.5. The van der Waals surface area contributed by atoms with Crippen molar-refractivity contribution in [1.82, 2.24) is 0 Å². The topological polar surface area (TPSA) is 99.7 Å². The van der Waals surface area contributed by atoms with Crippen LogP contribution in [0, 0.1) is 11.3 Å². The second kappa shape index (κ2) is 18.4. The number of hydrogen-bond acceptors (Lipinski definition) is 4. The molecule has 0 saturated carbocycles. The first-order valence-electron chi connectivity index (χ1n) is 14.3. The zero-order valence-electron chi connectivity index (χ0n) is 22.9. The van der Waals surface area contributed by atoms with Gasteiger partial charge >= 0.3 is 0 Å². The van der Waals surface area contributed by atoms with Crippen LogP contribution >= 0.6 is 0 Å². The maximum absolute atomic E-state index is 12.5. The largest absolute Gasteiger partial charge is 0.282 e. The smallest absolute Gasteiger partial charge is 0.273 e. The Kier molecular flexibility index (Phi) is 15.2. The van der Waals surface area contributed by atoms with E-state index >= 15 is 0 Å². The SMILES string of the molecule is CCCCCCCCCCCCCCCCCC(=O)N=C1C=C/C(=N/S(=O)(=O)c2ccccc2)C(C#N)=C1. The summed E-state index contributed by atoms with van der Waals surface area (Å²) in [5, 5.41) is 9.47. The highest BCUT2D eigenvalue weighted by Crippen LogP contribution is 2.17. The predicted molar refractivity (Wildman–Crippen MR) is 156 cm³/mol. The molecule has 2 rings (SSSR count).